The zero-order chi connectivity index (χ0) is 22.2. The van der Waals surface area contributed by atoms with Crippen LogP contribution >= 0.6 is 23.4 Å². The number of hydrogen-bond donors (Lipinski definition) is 1. The fraction of sp³-hybridized carbons (Fsp3) is 0.130. The van der Waals surface area contributed by atoms with Crippen molar-refractivity contribution < 1.29 is 9.53 Å². The number of pyridine rings is 1. The van der Waals surface area contributed by atoms with Gasteiger partial charge in [0.25, 0.3) is 0 Å². The number of nitrogens with one attached hydrogen (secondary N) is 1. The van der Waals surface area contributed by atoms with Gasteiger partial charge in [-0.3, -0.25) is 14.3 Å². The van der Waals surface area contributed by atoms with E-state index in [2.05, 4.69) is 20.5 Å². The molecule has 0 bridgehead atoms. The monoisotopic (exact) mass is 465 g/mol. The van der Waals surface area contributed by atoms with Crippen LogP contribution in [0.5, 0.6) is 5.75 Å². The first-order valence-corrected chi connectivity index (χ1v) is 11.3. The summed E-state index contributed by atoms with van der Waals surface area (Å²) >= 11 is 7.18. The lowest BCUT2D eigenvalue weighted by Crippen LogP contribution is -2.29. The van der Waals surface area contributed by atoms with Gasteiger partial charge in [-0.1, -0.05) is 41.6 Å². The molecule has 9 heteroatoms. The molecule has 0 saturated heterocycles. The molecule has 0 aliphatic carbocycles. The summed E-state index contributed by atoms with van der Waals surface area (Å²) < 4.78 is 7.52. The molecule has 2 aromatic heterocycles. The van der Waals surface area contributed by atoms with Crippen molar-refractivity contribution in [2.45, 2.75) is 5.16 Å². The number of carbonyl (C=O) groups is 1. The van der Waals surface area contributed by atoms with Crippen molar-refractivity contribution in [1.82, 2.24) is 25.1 Å². The fourth-order valence-corrected chi connectivity index (χ4v) is 3.83. The van der Waals surface area contributed by atoms with Crippen LogP contribution in [0, 0.1) is 0 Å². The van der Waals surface area contributed by atoms with Gasteiger partial charge in [-0.15, -0.1) is 10.2 Å². The van der Waals surface area contributed by atoms with E-state index in [1.165, 1.54) is 11.8 Å². The van der Waals surface area contributed by atoms with Crippen LogP contribution in [0.4, 0.5) is 0 Å². The molecule has 0 spiro atoms. The highest BCUT2D eigenvalue weighted by Crippen LogP contribution is 2.27. The number of para-hydroxylation sites is 1. The Kier molecular flexibility index (Phi) is 7.37. The lowest BCUT2D eigenvalue weighted by molar-refractivity contribution is -0.118. The molecule has 4 rings (SSSR count). The van der Waals surface area contributed by atoms with Crippen molar-refractivity contribution in [1.29, 1.82) is 0 Å². The molecule has 0 radical (unpaired) electrons. The standard InChI is InChI=1S/C23H20ClN5O2S/c24-18-8-10-20(11-9-18)31-14-13-26-21(30)16-32-23-28-27-22(17-5-4-12-25-15-17)29(23)19-6-2-1-3-7-19/h1-12,15H,13-14,16H2,(H,26,30). The van der Waals surface area contributed by atoms with E-state index in [1.807, 2.05) is 47.0 Å². The average molecular weight is 466 g/mol. The van der Waals surface area contributed by atoms with Crippen LogP contribution < -0.4 is 10.1 Å². The van der Waals surface area contributed by atoms with Crippen LogP contribution in [0.1, 0.15) is 0 Å². The molecule has 162 valence electrons. The third-order valence-corrected chi connectivity index (χ3v) is 5.59. The van der Waals surface area contributed by atoms with Gasteiger partial charge in [-0.05, 0) is 48.5 Å². The van der Waals surface area contributed by atoms with E-state index < -0.39 is 0 Å². The summed E-state index contributed by atoms with van der Waals surface area (Å²) in [6.45, 7) is 0.762. The summed E-state index contributed by atoms with van der Waals surface area (Å²) in [5.74, 6) is 1.47. The second-order valence-corrected chi connectivity index (χ2v) is 8.04. The summed E-state index contributed by atoms with van der Waals surface area (Å²) in [5, 5.41) is 12.8. The SMILES string of the molecule is O=C(CSc1nnc(-c2cccnc2)n1-c1ccccc1)NCCOc1ccc(Cl)cc1. The van der Waals surface area contributed by atoms with Gasteiger partial charge in [-0.25, -0.2) is 0 Å². The normalized spacial score (nSPS) is 10.7. The van der Waals surface area contributed by atoms with Gasteiger partial charge in [0, 0.05) is 28.7 Å². The molecule has 2 heterocycles. The Morgan fingerprint density at radius 2 is 1.84 bits per heavy atom. The first-order valence-electron chi connectivity index (χ1n) is 9.90. The van der Waals surface area contributed by atoms with E-state index in [0.29, 0.717) is 34.9 Å². The second-order valence-electron chi connectivity index (χ2n) is 6.66. The zero-order valence-corrected chi connectivity index (χ0v) is 18.6. The highest BCUT2D eigenvalue weighted by atomic mass is 35.5. The minimum absolute atomic E-state index is 0.111. The Hall–Kier alpha value is -3.36. The molecule has 4 aromatic rings. The molecule has 7 nitrogen and oxygen atoms in total. The minimum Gasteiger partial charge on any atom is -0.492 e. The van der Waals surface area contributed by atoms with Gasteiger partial charge in [-0.2, -0.15) is 0 Å². The number of hydrogen-bond acceptors (Lipinski definition) is 6. The topological polar surface area (TPSA) is 81.9 Å². The van der Waals surface area contributed by atoms with Crippen molar-refractivity contribution in [3.63, 3.8) is 0 Å². The molecule has 1 N–H and O–H groups in total. The predicted molar refractivity (Wildman–Crippen MR) is 125 cm³/mol. The van der Waals surface area contributed by atoms with E-state index in [9.17, 15) is 4.79 Å². The third kappa shape index (κ3) is 5.66. The first kappa shape index (κ1) is 21.9. The van der Waals surface area contributed by atoms with Crippen molar-refractivity contribution in [2.75, 3.05) is 18.9 Å². The summed E-state index contributed by atoms with van der Waals surface area (Å²) in [5.41, 5.74) is 1.76. The van der Waals surface area contributed by atoms with E-state index in [-0.39, 0.29) is 11.7 Å². The van der Waals surface area contributed by atoms with Crippen LogP contribution in [0.3, 0.4) is 0 Å². The Balaban J connectivity index is 1.37. The minimum atomic E-state index is -0.111. The quantitative estimate of drug-likeness (QED) is 0.293. The fourth-order valence-electron chi connectivity index (χ4n) is 2.93. The maximum Gasteiger partial charge on any atom is 0.230 e. The molecule has 1 amide bonds. The number of carbonyl (C=O) groups excluding carboxylic acids is 1. The Labute approximate surface area is 194 Å². The van der Waals surface area contributed by atoms with Gasteiger partial charge in [0.05, 0.1) is 12.3 Å². The van der Waals surface area contributed by atoms with E-state index in [1.54, 1.807) is 36.7 Å². The van der Waals surface area contributed by atoms with Gasteiger partial charge in [0.2, 0.25) is 5.91 Å². The maximum atomic E-state index is 12.3. The molecular weight excluding hydrogens is 446 g/mol. The number of ether oxygens (including phenoxy) is 1. The lowest BCUT2D eigenvalue weighted by Gasteiger charge is -2.10. The van der Waals surface area contributed by atoms with Crippen molar-refractivity contribution in [3.8, 4) is 22.8 Å². The third-order valence-electron chi connectivity index (χ3n) is 4.41. The van der Waals surface area contributed by atoms with Gasteiger partial charge >= 0.3 is 0 Å². The van der Waals surface area contributed by atoms with Crippen LogP contribution in [-0.2, 0) is 4.79 Å². The van der Waals surface area contributed by atoms with Gasteiger partial charge < -0.3 is 10.1 Å². The van der Waals surface area contributed by atoms with Crippen LogP contribution in [0.2, 0.25) is 5.02 Å². The largest absolute Gasteiger partial charge is 0.492 e. The van der Waals surface area contributed by atoms with Gasteiger partial charge in [0.1, 0.15) is 12.4 Å². The van der Waals surface area contributed by atoms with E-state index >= 15 is 0 Å². The van der Waals surface area contributed by atoms with E-state index in [0.717, 1.165) is 11.3 Å². The number of halogens is 1. The average Bonchev–Trinajstić information content (AvgIpc) is 3.27. The lowest BCUT2D eigenvalue weighted by atomic mass is 10.2. The highest BCUT2D eigenvalue weighted by Gasteiger charge is 2.17. The summed E-state index contributed by atoms with van der Waals surface area (Å²) in [7, 11) is 0. The van der Waals surface area contributed by atoms with Crippen LogP contribution in [-0.4, -0.2) is 44.6 Å². The molecule has 2 aromatic carbocycles. The molecule has 0 saturated carbocycles. The van der Waals surface area contributed by atoms with Crippen LogP contribution in [0.25, 0.3) is 17.1 Å². The molecule has 0 atom stereocenters. The summed E-state index contributed by atoms with van der Waals surface area (Å²) in [4.78, 5) is 16.5. The number of aromatic nitrogens is 4. The van der Waals surface area contributed by atoms with Crippen molar-refractivity contribution >= 4 is 29.3 Å². The molecule has 0 aliphatic heterocycles. The molecule has 0 fully saturated rings. The smallest absolute Gasteiger partial charge is 0.230 e. The number of rotatable bonds is 9. The number of benzene rings is 2. The molecular formula is C23H20ClN5O2S. The summed E-state index contributed by atoms with van der Waals surface area (Å²) in [6, 6.07) is 20.7. The molecule has 32 heavy (non-hydrogen) atoms. The number of nitrogens with zero attached hydrogens (tertiary/aromatic N) is 4. The summed E-state index contributed by atoms with van der Waals surface area (Å²) in [6.07, 6.45) is 3.45. The zero-order valence-electron chi connectivity index (χ0n) is 17.0. The predicted octanol–water partition coefficient (Wildman–Crippen LogP) is 4.27. The maximum absolute atomic E-state index is 12.3. The highest BCUT2D eigenvalue weighted by molar-refractivity contribution is 7.99. The molecule has 0 aliphatic rings. The first-order chi connectivity index (χ1) is 15.7. The van der Waals surface area contributed by atoms with Crippen molar-refractivity contribution in [3.05, 3.63) is 84.1 Å². The second kappa shape index (κ2) is 10.8. The number of amides is 1. The molecule has 0 unspecified atom stereocenters. The van der Waals surface area contributed by atoms with Crippen LogP contribution in [0.15, 0.2) is 84.3 Å². The Bertz CT molecular complexity index is 1150. The van der Waals surface area contributed by atoms with Crippen molar-refractivity contribution in [2.24, 2.45) is 0 Å². The van der Waals surface area contributed by atoms with E-state index in [4.69, 9.17) is 16.3 Å². The Morgan fingerprint density at radius 1 is 1.03 bits per heavy atom. The number of thioether (sulfide) groups is 1. The van der Waals surface area contributed by atoms with Gasteiger partial charge in [0.15, 0.2) is 11.0 Å². The Morgan fingerprint density at radius 3 is 2.59 bits per heavy atom.